The first-order valence-electron chi connectivity index (χ1n) is 11.1. The van der Waals surface area contributed by atoms with Crippen LogP contribution >= 0.6 is 38.5 Å². The van der Waals surface area contributed by atoms with E-state index in [1.54, 1.807) is 40.0 Å². The third-order valence-corrected chi connectivity index (χ3v) is 7.20. The highest BCUT2D eigenvalue weighted by Crippen LogP contribution is 2.38. The van der Waals surface area contributed by atoms with Crippen molar-refractivity contribution < 1.29 is 23.6 Å². The summed E-state index contributed by atoms with van der Waals surface area (Å²) in [5.74, 6) is 0.840. The van der Waals surface area contributed by atoms with Crippen LogP contribution in [0.1, 0.15) is 51.4 Å². The van der Waals surface area contributed by atoms with Gasteiger partial charge in [0.25, 0.3) is 0 Å². The third-order valence-electron chi connectivity index (χ3n) is 5.15. The van der Waals surface area contributed by atoms with E-state index in [0.29, 0.717) is 35.0 Å². The minimum absolute atomic E-state index is 0.105. The average molecular weight is 662 g/mol. The summed E-state index contributed by atoms with van der Waals surface area (Å²) in [4.78, 5) is 36.9. The number of hydrogen-bond acceptors (Lipinski definition) is 8. The molecule has 0 saturated carbocycles. The van der Waals surface area contributed by atoms with Crippen LogP contribution in [0.5, 0.6) is 0 Å². The van der Waals surface area contributed by atoms with Gasteiger partial charge in [-0.3, -0.25) is 9.69 Å². The molecule has 1 saturated heterocycles. The number of alkyl halides is 1. The molecule has 0 aliphatic carbocycles. The summed E-state index contributed by atoms with van der Waals surface area (Å²) >= 11 is 5.52. The Balaban J connectivity index is 1.86. The summed E-state index contributed by atoms with van der Waals surface area (Å²) in [6, 6.07) is 2.82. The van der Waals surface area contributed by atoms with Gasteiger partial charge in [0.2, 0.25) is 11.8 Å². The zero-order valence-electron chi connectivity index (χ0n) is 20.2. The van der Waals surface area contributed by atoms with Crippen LogP contribution in [0.3, 0.4) is 0 Å². The number of anilines is 1. The molecular weight excluding hydrogens is 633 g/mol. The van der Waals surface area contributed by atoms with Crippen molar-refractivity contribution in [2.45, 2.75) is 62.8 Å². The molecule has 190 valence electrons. The minimum Gasteiger partial charge on any atom is -0.444 e. The molecular formula is C23H29BrIN5O5. The number of pyridine rings is 1. The van der Waals surface area contributed by atoms with Crippen LogP contribution in [0.4, 0.5) is 10.6 Å². The van der Waals surface area contributed by atoms with Crippen LogP contribution < -0.4 is 5.32 Å². The molecule has 1 fully saturated rings. The molecule has 2 aromatic heterocycles. The molecule has 1 aliphatic rings. The quantitative estimate of drug-likeness (QED) is 0.191. The highest BCUT2D eigenvalue weighted by atomic mass is 127. The van der Waals surface area contributed by atoms with E-state index in [1.165, 1.54) is 4.90 Å². The first kappa shape index (κ1) is 27.5. The van der Waals surface area contributed by atoms with Gasteiger partial charge in [-0.15, -0.1) is 0 Å². The molecule has 12 heteroatoms. The van der Waals surface area contributed by atoms with Gasteiger partial charge in [-0.2, -0.15) is 4.98 Å². The van der Waals surface area contributed by atoms with Crippen molar-refractivity contribution in [3.63, 3.8) is 0 Å². The summed E-state index contributed by atoms with van der Waals surface area (Å²) < 4.78 is 16.5. The Bertz CT molecular complexity index is 1090. The number of ether oxygens (including phenoxy) is 2. The molecule has 3 heterocycles. The predicted octanol–water partition coefficient (Wildman–Crippen LogP) is 4.97. The largest absolute Gasteiger partial charge is 0.444 e. The third kappa shape index (κ3) is 7.23. The Kier molecular flexibility index (Phi) is 9.27. The SMILES string of the molecule is C/C=C/c1noc(C[C@H]2C[C@@H](C(=O)Nc3nc(Br)ccc3COC)N(C(=O)OC(C)(C)C)[C@@H]2I)n1. The normalized spacial score (nSPS) is 20.4. The maximum Gasteiger partial charge on any atom is 0.411 e. The number of allylic oxidation sites excluding steroid dienone is 1. The number of carbonyl (C=O) groups is 2. The van der Waals surface area contributed by atoms with Gasteiger partial charge in [0, 0.05) is 19.1 Å². The second-order valence-electron chi connectivity index (χ2n) is 9.09. The van der Waals surface area contributed by atoms with Crippen molar-refractivity contribution in [1.82, 2.24) is 20.0 Å². The lowest BCUT2D eigenvalue weighted by atomic mass is 10.0. The zero-order valence-corrected chi connectivity index (χ0v) is 24.0. The molecule has 3 atom stereocenters. The van der Waals surface area contributed by atoms with Crippen molar-refractivity contribution in [2.75, 3.05) is 12.4 Å². The Morgan fingerprint density at radius 1 is 1.34 bits per heavy atom. The Hall–Kier alpha value is -2.06. The Labute approximate surface area is 226 Å². The molecule has 0 spiro atoms. The number of nitrogens with zero attached hydrogens (tertiary/aromatic N) is 4. The number of aromatic nitrogens is 3. The molecule has 2 aromatic rings. The topological polar surface area (TPSA) is 120 Å². The first-order valence-corrected chi connectivity index (χ1v) is 13.1. The lowest BCUT2D eigenvalue weighted by Crippen LogP contribution is -2.47. The maximum absolute atomic E-state index is 13.5. The van der Waals surface area contributed by atoms with Gasteiger partial charge >= 0.3 is 6.09 Å². The second kappa shape index (κ2) is 11.8. The van der Waals surface area contributed by atoms with E-state index < -0.39 is 17.7 Å². The van der Waals surface area contributed by atoms with Gasteiger partial charge in [0.05, 0.1) is 10.7 Å². The molecule has 2 amide bonds. The van der Waals surface area contributed by atoms with Gasteiger partial charge in [0.15, 0.2) is 5.82 Å². The standard InChI is InChI=1S/C23H29BrIN5O5/c1-6-7-17-27-18(35-29-17)11-14-10-15(30(19(14)25)22(32)34-23(2,3)4)21(31)28-20-13(12-33-5)8-9-16(24)26-20/h6-9,14-15,19H,10-12H2,1-5H3,(H,26,28,31)/b7-6+/t14-,15+,19+/m1/s1. The molecule has 3 rings (SSSR count). The van der Waals surface area contributed by atoms with E-state index in [-0.39, 0.29) is 22.5 Å². The summed E-state index contributed by atoms with van der Waals surface area (Å²) in [7, 11) is 1.57. The van der Waals surface area contributed by atoms with E-state index >= 15 is 0 Å². The van der Waals surface area contributed by atoms with E-state index in [0.717, 1.165) is 5.56 Å². The highest BCUT2D eigenvalue weighted by molar-refractivity contribution is 14.1. The van der Waals surface area contributed by atoms with Gasteiger partial charge in [0.1, 0.15) is 22.1 Å². The van der Waals surface area contributed by atoms with E-state index in [2.05, 4.69) is 59.0 Å². The summed E-state index contributed by atoms with van der Waals surface area (Å²) in [6.07, 6.45) is 3.83. The van der Waals surface area contributed by atoms with Crippen molar-refractivity contribution in [3.05, 3.63) is 40.1 Å². The van der Waals surface area contributed by atoms with Crippen molar-refractivity contribution in [1.29, 1.82) is 0 Å². The number of halogens is 2. The fraction of sp³-hybridized carbons (Fsp3) is 0.522. The van der Waals surface area contributed by atoms with E-state index in [1.807, 2.05) is 19.1 Å². The molecule has 1 N–H and O–H groups in total. The molecule has 0 unspecified atom stereocenters. The van der Waals surface area contributed by atoms with Gasteiger partial charge in [-0.05, 0) is 68.1 Å². The van der Waals surface area contributed by atoms with E-state index in [9.17, 15) is 9.59 Å². The average Bonchev–Trinajstić information content (AvgIpc) is 3.33. The fourth-order valence-electron chi connectivity index (χ4n) is 3.70. The minimum atomic E-state index is -0.772. The van der Waals surface area contributed by atoms with Crippen molar-refractivity contribution in [3.8, 4) is 0 Å². The highest BCUT2D eigenvalue weighted by Gasteiger charge is 2.48. The van der Waals surface area contributed by atoms with Crippen molar-refractivity contribution >= 4 is 62.4 Å². The van der Waals surface area contributed by atoms with E-state index in [4.69, 9.17) is 14.0 Å². The predicted molar refractivity (Wildman–Crippen MR) is 142 cm³/mol. The van der Waals surface area contributed by atoms with Crippen LogP contribution in [0.25, 0.3) is 6.08 Å². The molecule has 0 bridgehead atoms. The van der Waals surface area contributed by atoms with Gasteiger partial charge in [-0.25, -0.2) is 9.78 Å². The fourth-order valence-corrected chi connectivity index (χ4v) is 5.18. The number of rotatable bonds is 7. The Morgan fingerprint density at radius 2 is 2.09 bits per heavy atom. The Morgan fingerprint density at radius 3 is 2.74 bits per heavy atom. The molecule has 0 aromatic carbocycles. The first-order chi connectivity index (χ1) is 16.5. The number of carbonyl (C=O) groups excluding carboxylic acids is 2. The number of likely N-dealkylation sites (tertiary alicyclic amines) is 1. The number of hydrogen-bond donors (Lipinski definition) is 1. The lowest BCUT2D eigenvalue weighted by Gasteiger charge is -2.30. The monoisotopic (exact) mass is 661 g/mol. The van der Waals surface area contributed by atoms with Crippen LogP contribution in [0.2, 0.25) is 0 Å². The van der Waals surface area contributed by atoms with Crippen LogP contribution in [-0.4, -0.2) is 54.8 Å². The van der Waals surface area contributed by atoms with Crippen LogP contribution in [-0.2, 0) is 27.3 Å². The second-order valence-corrected chi connectivity index (χ2v) is 11.2. The zero-order chi connectivity index (χ0) is 25.8. The lowest BCUT2D eigenvalue weighted by molar-refractivity contribution is -0.120. The maximum atomic E-state index is 13.5. The van der Waals surface area contributed by atoms with Crippen LogP contribution in [0, 0.1) is 5.92 Å². The van der Waals surface area contributed by atoms with Gasteiger partial charge < -0.3 is 19.3 Å². The van der Waals surface area contributed by atoms with Crippen molar-refractivity contribution in [2.24, 2.45) is 5.92 Å². The number of nitrogens with one attached hydrogen (secondary N) is 1. The molecule has 35 heavy (non-hydrogen) atoms. The summed E-state index contributed by atoms with van der Waals surface area (Å²) in [5.41, 5.74) is 0.00794. The van der Waals surface area contributed by atoms with Gasteiger partial charge in [-0.1, -0.05) is 39.9 Å². The smallest absolute Gasteiger partial charge is 0.411 e. The molecule has 10 nitrogen and oxygen atoms in total. The summed E-state index contributed by atoms with van der Waals surface area (Å²) in [5, 5.41) is 6.81. The summed E-state index contributed by atoms with van der Waals surface area (Å²) in [6.45, 7) is 7.52. The number of amides is 2. The molecule has 1 aliphatic heterocycles. The van der Waals surface area contributed by atoms with Crippen LogP contribution in [0.15, 0.2) is 27.3 Å². The number of methoxy groups -OCH3 is 1. The molecule has 0 radical (unpaired) electrons.